The zero-order valence-corrected chi connectivity index (χ0v) is 18.3. The van der Waals surface area contributed by atoms with Crippen molar-refractivity contribution in [2.75, 3.05) is 11.9 Å². The van der Waals surface area contributed by atoms with Gasteiger partial charge in [-0.15, -0.1) is 0 Å². The molecule has 0 saturated carbocycles. The van der Waals surface area contributed by atoms with Crippen molar-refractivity contribution in [1.82, 2.24) is 0 Å². The van der Waals surface area contributed by atoms with Crippen LogP contribution >= 0.6 is 11.6 Å². The van der Waals surface area contributed by atoms with Crippen molar-refractivity contribution in [2.24, 2.45) is 0 Å². The van der Waals surface area contributed by atoms with E-state index < -0.39 is 66.0 Å². The molecule has 2 atom stereocenters. The van der Waals surface area contributed by atoms with E-state index in [4.69, 9.17) is 11.6 Å². The van der Waals surface area contributed by atoms with Gasteiger partial charge in [-0.25, -0.2) is 4.39 Å². The summed E-state index contributed by atoms with van der Waals surface area (Å²) in [7, 11) is 0. The number of nitrogens with one attached hydrogen (secondary N) is 1. The monoisotopic (exact) mass is 513 g/mol. The maximum absolute atomic E-state index is 14.3. The van der Waals surface area contributed by atoms with Gasteiger partial charge in [-0.1, -0.05) is 29.8 Å². The van der Waals surface area contributed by atoms with Gasteiger partial charge in [0.15, 0.2) is 0 Å². The SMILES string of the molecule is CCOC(=O)CC(c1ccc(F)c(NC(=O)[C@@H](CC(F)(F)F)c2ccc(Cl)cc2)c1)C(F)(F)F. The van der Waals surface area contributed by atoms with Crippen LogP contribution in [0.2, 0.25) is 5.02 Å². The first-order chi connectivity index (χ1) is 15.7. The second-order valence-corrected chi connectivity index (χ2v) is 7.69. The molecule has 0 fully saturated rings. The number of hydrogen-bond donors (Lipinski definition) is 1. The molecule has 0 aliphatic carbocycles. The van der Waals surface area contributed by atoms with Crippen molar-refractivity contribution in [3.8, 4) is 0 Å². The van der Waals surface area contributed by atoms with E-state index in [2.05, 4.69) is 4.74 Å². The van der Waals surface area contributed by atoms with Crippen molar-refractivity contribution in [2.45, 2.75) is 44.0 Å². The number of halogens is 8. The van der Waals surface area contributed by atoms with Gasteiger partial charge in [-0.3, -0.25) is 9.59 Å². The van der Waals surface area contributed by atoms with Crippen LogP contribution in [0.5, 0.6) is 0 Å². The number of amides is 1. The summed E-state index contributed by atoms with van der Waals surface area (Å²) >= 11 is 5.72. The standard InChI is InChI=1S/C22H19ClF7NO3/c1-2-34-19(32)10-16(22(28,29)30)13-5-8-17(24)18(9-13)31-20(33)15(11-21(25,26)27)12-3-6-14(23)7-4-12/h3-9,15-16H,2,10-11H2,1H3,(H,31,33)/t15-,16?/m0/s1. The van der Waals surface area contributed by atoms with Gasteiger partial charge in [-0.2, -0.15) is 26.3 Å². The lowest BCUT2D eigenvalue weighted by Gasteiger charge is -2.22. The second-order valence-electron chi connectivity index (χ2n) is 7.26. The number of esters is 1. The summed E-state index contributed by atoms with van der Waals surface area (Å²) in [5, 5.41) is 2.14. The summed E-state index contributed by atoms with van der Waals surface area (Å²) in [6.45, 7) is 1.25. The average molecular weight is 514 g/mol. The van der Waals surface area contributed by atoms with E-state index in [1.165, 1.54) is 31.2 Å². The van der Waals surface area contributed by atoms with Crippen LogP contribution in [-0.4, -0.2) is 30.8 Å². The normalized spacial score (nSPS) is 13.8. The van der Waals surface area contributed by atoms with Crippen LogP contribution in [0.4, 0.5) is 36.4 Å². The number of alkyl halides is 6. The third-order valence-corrected chi connectivity index (χ3v) is 5.00. The predicted molar refractivity (Wildman–Crippen MR) is 110 cm³/mol. The minimum Gasteiger partial charge on any atom is -0.466 e. The van der Waals surface area contributed by atoms with Gasteiger partial charge < -0.3 is 10.1 Å². The average Bonchev–Trinajstić information content (AvgIpc) is 2.71. The van der Waals surface area contributed by atoms with Crippen molar-refractivity contribution in [3.05, 3.63) is 64.4 Å². The minimum absolute atomic E-state index is 0.0775. The molecule has 1 N–H and O–H groups in total. The predicted octanol–water partition coefficient (Wildman–Crippen LogP) is 6.75. The molecule has 0 aliphatic rings. The van der Waals surface area contributed by atoms with Crippen LogP contribution in [0.25, 0.3) is 0 Å². The molecule has 2 aromatic rings. The molecular formula is C22H19ClF7NO3. The highest BCUT2D eigenvalue weighted by atomic mass is 35.5. The molecule has 0 spiro atoms. The van der Waals surface area contributed by atoms with Crippen molar-refractivity contribution in [1.29, 1.82) is 0 Å². The molecule has 2 aromatic carbocycles. The smallest absolute Gasteiger partial charge is 0.396 e. The van der Waals surface area contributed by atoms with Gasteiger partial charge in [0.05, 0.1) is 37.0 Å². The number of carbonyl (C=O) groups is 2. The lowest BCUT2D eigenvalue weighted by atomic mass is 9.93. The minimum atomic E-state index is -4.92. The number of carbonyl (C=O) groups excluding carboxylic acids is 2. The lowest BCUT2D eigenvalue weighted by molar-refractivity contribution is -0.166. The Labute approximate surface area is 195 Å². The number of anilines is 1. The van der Waals surface area contributed by atoms with E-state index in [0.717, 1.165) is 6.07 Å². The number of benzene rings is 2. The number of hydrogen-bond acceptors (Lipinski definition) is 3. The Hall–Kier alpha value is -2.82. The Balaban J connectivity index is 2.38. The van der Waals surface area contributed by atoms with Crippen LogP contribution < -0.4 is 5.32 Å². The summed E-state index contributed by atoms with van der Waals surface area (Å²) in [5.41, 5.74) is -1.41. The first kappa shape index (κ1) is 27.4. The van der Waals surface area contributed by atoms with Gasteiger partial charge in [0, 0.05) is 5.02 Å². The molecule has 1 unspecified atom stereocenters. The molecule has 0 aliphatic heterocycles. The van der Waals surface area contributed by atoms with Gasteiger partial charge >= 0.3 is 18.3 Å². The molecule has 0 saturated heterocycles. The molecule has 0 bridgehead atoms. The Kier molecular flexibility index (Phi) is 8.93. The van der Waals surface area contributed by atoms with Crippen molar-refractivity contribution >= 4 is 29.2 Å². The maximum Gasteiger partial charge on any atom is 0.396 e. The van der Waals surface area contributed by atoms with Crippen LogP contribution in [-0.2, 0) is 14.3 Å². The molecule has 12 heteroatoms. The van der Waals surface area contributed by atoms with Crippen LogP contribution in [0, 0.1) is 5.82 Å². The molecule has 0 heterocycles. The Morgan fingerprint density at radius 2 is 1.59 bits per heavy atom. The van der Waals surface area contributed by atoms with E-state index in [9.17, 15) is 40.3 Å². The summed E-state index contributed by atoms with van der Waals surface area (Å²) in [5.74, 6) is -7.81. The highest BCUT2D eigenvalue weighted by Gasteiger charge is 2.43. The third kappa shape index (κ3) is 7.89. The second kappa shape index (κ2) is 11.1. The Bertz CT molecular complexity index is 1010. The van der Waals surface area contributed by atoms with Gasteiger partial charge in [0.25, 0.3) is 0 Å². The van der Waals surface area contributed by atoms with Crippen molar-refractivity contribution in [3.63, 3.8) is 0 Å². The number of ether oxygens (including phenoxy) is 1. The summed E-state index contributed by atoms with van der Waals surface area (Å²) < 4.78 is 98.7. The van der Waals surface area contributed by atoms with E-state index in [-0.39, 0.29) is 17.2 Å². The molecular weight excluding hydrogens is 495 g/mol. The summed E-state index contributed by atoms with van der Waals surface area (Å²) in [6.07, 6.45) is -12.4. The Morgan fingerprint density at radius 3 is 2.12 bits per heavy atom. The molecule has 2 rings (SSSR count). The van der Waals surface area contributed by atoms with Gasteiger partial charge in [0.2, 0.25) is 5.91 Å². The lowest BCUT2D eigenvalue weighted by Crippen LogP contribution is -2.27. The largest absolute Gasteiger partial charge is 0.466 e. The zero-order valence-electron chi connectivity index (χ0n) is 17.6. The summed E-state index contributed by atoms with van der Waals surface area (Å²) in [6, 6.07) is 6.92. The van der Waals surface area contributed by atoms with E-state index in [1.54, 1.807) is 0 Å². The van der Waals surface area contributed by atoms with E-state index in [0.29, 0.717) is 12.1 Å². The quantitative estimate of drug-likeness (QED) is 0.314. The Morgan fingerprint density at radius 1 is 1.00 bits per heavy atom. The van der Waals surface area contributed by atoms with E-state index >= 15 is 0 Å². The highest BCUT2D eigenvalue weighted by molar-refractivity contribution is 6.30. The topological polar surface area (TPSA) is 55.4 Å². The van der Waals surface area contributed by atoms with Crippen LogP contribution in [0.1, 0.15) is 42.7 Å². The van der Waals surface area contributed by atoms with Gasteiger partial charge in [0.1, 0.15) is 5.82 Å². The van der Waals surface area contributed by atoms with Gasteiger partial charge in [-0.05, 0) is 42.3 Å². The third-order valence-electron chi connectivity index (χ3n) is 4.75. The fraction of sp³-hybridized carbons (Fsp3) is 0.364. The number of rotatable bonds is 8. The van der Waals surface area contributed by atoms with Crippen LogP contribution in [0.15, 0.2) is 42.5 Å². The van der Waals surface area contributed by atoms with Crippen molar-refractivity contribution < 1.29 is 45.1 Å². The highest BCUT2D eigenvalue weighted by Crippen LogP contribution is 2.39. The molecule has 1 amide bonds. The first-order valence-corrected chi connectivity index (χ1v) is 10.2. The zero-order chi connectivity index (χ0) is 25.7. The first-order valence-electron chi connectivity index (χ1n) is 9.86. The fourth-order valence-corrected chi connectivity index (χ4v) is 3.30. The molecule has 4 nitrogen and oxygen atoms in total. The van der Waals surface area contributed by atoms with E-state index in [1.807, 2.05) is 5.32 Å². The summed E-state index contributed by atoms with van der Waals surface area (Å²) in [4.78, 5) is 24.3. The van der Waals surface area contributed by atoms with Crippen LogP contribution in [0.3, 0.4) is 0 Å². The molecule has 34 heavy (non-hydrogen) atoms. The fourth-order valence-electron chi connectivity index (χ4n) is 3.17. The molecule has 186 valence electrons. The maximum atomic E-state index is 14.3. The molecule has 0 radical (unpaired) electrons. The molecule has 0 aromatic heterocycles.